The van der Waals surface area contributed by atoms with Gasteiger partial charge < -0.3 is 8.98 Å². The maximum absolute atomic E-state index is 16.0. The molecular weight excluding hydrogens is 1100 g/mol. The Bertz CT molecular complexity index is 3780. The SMILES string of the molecule is Fc1ccc(-c2cnc3oc4c(-c5nc6cccc(F)c6n5-c5cc(-c6ccccc6)ccc5-c5ccccc5)[c-]ccc4c3c2)cn1.[2H]C([2H])([2H])c1c[c-]c(-c2cc(C([2H])(C)C)[c]([Ge]([CH3])([CH3])[CH3])cn2)cc1.[Ir]. The van der Waals surface area contributed by atoms with Gasteiger partial charge in [0.1, 0.15) is 5.82 Å². The number of para-hydroxylation sites is 1. The first kappa shape index (κ1) is 42.2. The largest absolute Gasteiger partial charge is 0 e. The van der Waals surface area contributed by atoms with Gasteiger partial charge in [-0.25, -0.2) is 14.4 Å². The molecule has 0 saturated carbocycles. The Morgan fingerprint density at radius 2 is 1.45 bits per heavy atom. The Kier molecular flexibility index (Phi) is 12.0. The number of imidazole rings is 1. The minimum absolute atomic E-state index is 0. The summed E-state index contributed by atoms with van der Waals surface area (Å²) in [5.74, 6) is 5.71. The van der Waals surface area contributed by atoms with Gasteiger partial charge in [0.15, 0.2) is 0 Å². The fourth-order valence-electron chi connectivity index (χ4n) is 8.57. The second-order valence-corrected chi connectivity index (χ2v) is 28.4. The van der Waals surface area contributed by atoms with Crippen molar-refractivity contribution in [3.8, 4) is 61.7 Å². The van der Waals surface area contributed by atoms with Crippen LogP contribution in [-0.4, -0.2) is 37.8 Å². The molecule has 5 heterocycles. The molecule has 343 valence electrons. The summed E-state index contributed by atoms with van der Waals surface area (Å²) in [7, 11) is 0. The number of rotatable bonds is 8. The van der Waals surface area contributed by atoms with Gasteiger partial charge >= 0.3 is 131 Å². The van der Waals surface area contributed by atoms with Crippen molar-refractivity contribution in [2.75, 3.05) is 0 Å². The standard InChI is InChI=1S/C41H23F2N4O.C18H24GeN.Ir/c42-34-15-8-16-35-38(34)47(36-22-27(25-9-3-1-4-10-25)17-19-30(36)26-11-5-2-6-12-26)40(46-35)32-14-7-13-31-33-21-29(24-45-41(33)48-39(31)32)28-18-20-37(43)44-23-28;1-13(2)16-11-18(15-9-7-14(3)8-10-15)20-12-17(16)19(4,5)6;/h1-13,15-24H;7-9,11-13H,1-6H3;/q2*-1;/i;3D3,13D;. The van der Waals surface area contributed by atoms with Crippen LogP contribution in [0.2, 0.25) is 17.3 Å². The van der Waals surface area contributed by atoms with E-state index in [-0.39, 0.29) is 25.7 Å². The number of fused-ring (bicyclic) bond motifs is 4. The van der Waals surface area contributed by atoms with Crippen LogP contribution in [0.3, 0.4) is 0 Å². The number of nitrogens with zero attached hydrogens (tertiary/aromatic N) is 5. The van der Waals surface area contributed by atoms with Crippen LogP contribution in [0, 0.1) is 30.7 Å². The van der Waals surface area contributed by atoms with Crippen molar-refractivity contribution in [1.29, 1.82) is 0 Å². The zero-order chi connectivity index (χ0) is 50.5. The molecule has 0 aliphatic rings. The van der Waals surface area contributed by atoms with Crippen LogP contribution >= 0.6 is 0 Å². The summed E-state index contributed by atoms with van der Waals surface area (Å²) in [5, 5.41) is 1.57. The molecule has 0 aliphatic carbocycles. The molecule has 10 heteroatoms. The zero-order valence-electron chi connectivity index (χ0n) is 42.4. The number of pyridine rings is 3. The fraction of sp³-hybridized carbons (Fsp3) is 0.119. The molecule has 6 nitrogen and oxygen atoms in total. The van der Waals surface area contributed by atoms with Crippen molar-refractivity contribution in [3.05, 3.63) is 205 Å². The summed E-state index contributed by atoms with van der Waals surface area (Å²) in [4.78, 5) is 18.0. The van der Waals surface area contributed by atoms with Gasteiger partial charge in [-0.1, -0.05) is 89.8 Å². The van der Waals surface area contributed by atoms with Crippen LogP contribution in [-0.2, 0) is 20.1 Å². The molecule has 0 spiro atoms. The summed E-state index contributed by atoms with van der Waals surface area (Å²) >= 11 is -2.14. The first-order valence-corrected chi connectivity index (χ1v) is 29.6. The number of hydrogen-bond donors (Lipinski definition) is 0. The molecule has 6 aromatic carbocycles. The molecule has 0 atom stereocenters. The predicted molar refractivity (Wildman–Crippen MR) is 275 cm³/mol. The van der Waals surface area contributed by atoms with Gasteiger partial charge in [0.2, 0.25) is 11.7 Å². The average Bonchev–Trinajstić information content (AvgIpc) is 3.96. The van der Waals surface area contributed by atoms with E-state index < -0.39 is 37.8 Å². The Balaban J connectivity index is 0.000000223. The van der Waals surface area contributed by atoms with E-state index in [0.29, 0.717) is 33.7 Å². The third-order valence-corrected chi connectivity index (χ3v) is 16.2. The molecule has 1 radical (unpaired) electrons. The van der Waals surface area contributed by atoms with Crippen molar-refractivity contribution in [2.24, 2.45) is 0 Å². The molecular formula is C59H47F2GeIrN5O-2. The summed E-state index contributed by atoms with van der Waals surface area (Å²) in [6.07, 6.45) is 5.06. The second-order valence-electron chi connectivity index (χ2n) is 17.8. The first-order chi connectivity index (χ1) is 34.4. The third kappa shape index (κ3) is 9.47. The smallest absolute Gasteiger partial charge is 0 e. The molecule has 0 N–H and O–H groups in total. The number of aryl methyl sites for hydroxylation is 1. The van der Waals surface area contributed by atoms with E-state index in [1.54, 1.807) is 30.5 Å². The van der Waals surface area contributed by atoms with Crippen LogP contribution in [0.1, 0.15) is 36.4 Å². The molecule has 69 heavy (non-hydrogen) atoms. The van der Waals surface area contributed by atoms with E-state index in [1.165, 1.54) is 28.8 Å². The molecule has 11 rings (SSSR count). The minimum Gasteiger partial charge on any atom is 0 e. The minimum atomic E-state index is -2.14. The predicted octanol–water partition coefficient (Wildman–Crippen LogP) is 15.0. The van der Waals surface area contributed by atoms with Crippen molar-refractivity contribution in [3.63, 3.8) is 0 Å². The normalized spacial score (nSPS) is 12.7. The van der Waals surface area contributed by atoms with Crippen LogP contribution in [0.25, 0.3) is 94.8 Å². The number of furan rings is 1. The van der Waals surface area contributed by atoms with Gasteiger partial charge in [-0.05, 0) is 53.1 Å². The fourth-order valence-corrected chi connectivity index (χ4v) is 11.9. The Hall–Kier alpha value is -6.91. The van der Waals surface area contributed by atoms with Crippen LogP contribution in [0.15, 0.2) is 175 Å². The van der Waals surface area contributed by atoms with E-state index >= 15 is 4.39 Å². The van der Waals surface area contributed by atoms with Crippen molar-refractivity contribution >= 4 is 50.8 Å². The van der Waals surface area contributed by atoms with Crippen LogP contribution < -0.4 is 4.40 Å². The van der Waals surface area contributed by atoms with E-state index in [4.69, 9.17) is 14.9 Å². The molecule has 0 amide bonds. The van der Waals surface area contributed by atoms with Crippen molar-refractivity contribution < 1.29 is 38.8 Å². The first-order valence-electron chi connectivity index (χ1n) is 24.2. The Morgan fingerprint density at radius 3 is 2.14 bits per heavy atom. The summed E-state index contributed by atoms with van der Waals surface area (Å²) < 4.78 is 69.9. The number of halogens is 2. The molecule has 0 unspecified atom stereocenters. The van der Waals surface area contributed by atoms with Crippen molar-refractivity contribution in [1.82, 2.24) is 24.5 Å². The molecule has 0 fully saturated rings. The molecule has 0 bridgehead atoms. The molecule has 5 aromatic heterocycles. The van der Waals surface area contributed by atoms with Gasteiger partial charge in [0, 0.05) is 60.3 Å². The van der Waals surface area contributed by atoms with E-state index in [9.17, 15) is 4.39 Å². The average molecular weight is 1150 g/mol. The summed E-state index contributed by atoms with van der Waals surface area (Å²) in [6.45, 7) is 1.66. The van der Waals surface area contributed by atoms with E-state index in [2.05, 4.69) is 74.7 Å². The third-order valence-electron chi connectivity index (χ3n) is 12.0. The molecule has 0 saturated heterocycles. The zero-order valence-corrected chi connectivity index (χ0v) is 42.9. The number of aromatic nitrogens is 5. The summed E-state index contributed by atoms with van der Waals surface area (Å²) in [5.41, 5.74) is 11.3. The maximum atomic E-state index is 16.0. The quantitative estimate of drug-likeness (QED) is 0.0861. The molecule has 11 aromatic rings. The van der Waals surface area contributed by atoms with Crippen LogP contribution in [0.4, 0.5) is 8.78 Å². The van der Waals surface area contributed by atoms with Gasteiger partial charge in [-0.2, -0.15) is 4.39 Å². The van der Waals surface area contributed by atoms with Crippen molar-refractivity contribution in [2.45, 2.75) is 43.9 Å². The van der Waals surface area contributed by atoms with E-state index in [1.807, 2.05) is 103 Å². The molecule has 0 aliphatic heterocycles. The maximum Gasteiger partial charge on any atom is 0 e. The van der Waals surface area contributed by atoms with Crippen LogP contribution in [0.5, 0.6) is 0 Å². The summed E-state index contributed by atoms with van der Waals surface area (Å²) in [6, 6.07) is 53.2. The van der Waals surface area contributed by atoms with Gasteiger partial charge in [0.25, 0.3) is 0 Å². The number of benzene rings is 6. The van der Waals surface area contributed by atoms with Gasteiger partial charge in [0.05, 0.1) is 22.4 Å². The van der Waals surface area contributed by atoms with Gasteiger partial charge in [-0.3, -0.25) is 4.98 Å². The second kappa shape index (κ2) is 19.6. The van der Waals surface area contributed by atoms with E-state index in [0.717, 1.165) is 66.7 Å². The monoisotopic (exact) mass is 1150 g/mol. The Morgan fingerprint density at radius 1 is 0.696 bits per heavy atom. The number of hydrogen-bond acceptors (Lipinski definition) is 5. The topological polar surface area (TPSA) is 69.6 Å². The Labute approximate surface area is 422 Å². The van der Waals surface area contributed by atoms with Gasteiger partial charge in [-0.15, -0.1) is 18.2 Å².